The van der Waals surface area contributed by atoms with Crippen molar-refractivity contribution in [2.45, 2.75) is 73.6 Å². The Morgan fingerprint density at radius 3 is 2.10 bits per heavy atom. The minimum Gasteiger partial charge on any atom is -0.0816 e. The summed E-state index contributed by atoms with van der Waals surface area (Å²) < 4.78 is 0. The van der Waals surface area contributed by atoms with Crippen LogP contribution in [0.15, 0.2) is 22.8 Å². The SMILES string of the molecule is CC1=C2CC(CC1)C2(C)C.CC1C=C2C(CC1)C2(C)C. The second kappa shape index (κ2) is 4.49. The molecule has 5 aliphatic carbocycles. The summed E-state index contributed by atoms with van der Waals surface area (Å²) in [7, 11) is 0. The van der Waals surface area contributed by atoms with E-state index < -0.39 is 0 Å². The van der Waals surface area contributed by atoms with Gasteiger partial charge in [-0.05, 0) is 67.6 Å². The van der Waals surface area contributed by atoms with Gasteiger partial charge in [-0.25, -0.2) is 0 Å². The standard InChI is InChI=1S/2C10H16/c1-7-4-5-8-6-9(7)10(8,2)3;1-7-4-5-8-9(6-7)10(8,2)3/h8H,4-6H2,1-3H3;6-8H,4-5H2,1-3H3. The Morgan fingerprint density at radius 1 is 1.00 bits per heavy atom. The van der Waals surface area contributed by atoms with Crippen LogP contribution in [-0.4, -0.2) is 0 Å². The van der Waals surface area contributed by atoms with Crippen molar-refractivity contribution >= 4 is 0 Å². The van der Waals surface area contributed by atoms with E-state index in [1.807, 2.05) is 0 Å². The second-order valence-corrected chi connectivity index (χ2v) is 8.87. The van der Waals surface area contributed by atoms with Gasteiger partial charge in [0.2, 0.25) is 0 Å². The first kappa shape index (κ1) is 14.4. The molecule has 0 radical (unpaired) electrons. The average Bonchev–Trinajstić information content (AvgIpc) is 2.91. The highest BCUT2D eigenvalue weighted by Gasteiger charge is 2.52. The normalized spacial score (nSPS) is 38.9. The lowest BCUT2D eigenvalue weighted by molar-refractivity contribution is 0.133. The van der Waals surface area contributed by atoms with E-state index in [2.05, 4.69) is 47.6 Å². The Morgan fingerprint density at radius 2 is 1.70 bits per heavy atom. The fraction of sp³-hybridized carbons (Fsp3) is 0.800. The summed E-state index contributed by atoms with van der Waals surface area (Å²) >= 11 is 0. The molecule has 0 aliphatic heterocycles. The lowest BCUT2D eigenvalue weighted by atomic mass is 9.52. The van der Waals surface area contributed by atoms with Gasteiger partial charge in [-0.1, -0.05) is 57.4 Å². The van der Waals surface area contributed by atoms with E-state index in [0.717, 1.165) is 17.8 Å². The molecule has 0 aromatic carbocycles. The average molecular weight is 272 g/mol. The number of allylic oxidation sites excluding steroid dienone is 4. The van der Waals surface area contributed by atoms with Crippen molar-refractivity contribution in [3.63, 3.8) is 0 Å². The minimum atomic E-state index is 0.586. The summed E-state index contributed by atoms with van der Waals surface area (Å²) in [5.74, 6) is 2.84. The van der Waals surface area contributed by atoms with E-state index in [-0.39, 0.29) is 0 Å². The molecule has 0 aromatic rings. The van der Waals surface area contributed by atoms with Crippen LogP contribution in [0.3, 0.4) is 0 Å². The third kappa shape index (κ3) is 2.11. The van der Waals surface area contributed by atoms with Gasteiger partial charge in [-0.2, -0.15) is 0 Å². The van der Waals surface area contributed by atoms with Crippen molar-refractivity contribution in [3.8, 4) is 0 Å². The molecule has 3 unspecified atom stereocenters. The number of rotatable bonds is 0. The van der Waals surface area contributed by atoms with Gasteiger partial charge in [-0.15, -0.1) is 0 Å². The van der Waals surface area contributed by atoms with Gasteiger partial charge in [0.15, 0.2) is 0 Å². The first-order valence-electron chi connectivity index (χ1n) is 8.66. The molecule has 3 atom stereocenters. The number of hydrogen-bond acceptors (Lipinski definition) is 0. The van der Waals surface area contributed by atoms with Crippen LogP contribution in [-0.2, 0) is 0 Å². The van der Waals surface area contributed by atoms with Crippen LogP contribution in [0.4, 0.5) is 0 Å². The highest BCUT2D eigenvalue weighted by atomic mass is 14.6. The van der Waals surface area contributed by atoms with E-state index >= 15 is 0 Å². The maximum Gasteiger partial charge on any atom is -0.00759 e. The van der Waals surface area contributed by atoms with E-state index in [4.69, 9.17) is 0 Å². The molecule has 2 fully saturated rings. The first-order chi connectivity index (χ1) is 9.24. The smallest absolute Gasteiger partial charge is 0.00759 e. The molecule has 20 heavy (non-hydrogen) atoms. The summed E-state index contributed by atoms with van der Waals surface area (Å²) in [5.41, 5.74) is 6.37. The predicted molar refractivity (Wildman–Crippen MR) is 87.6 cm³/mol. The molecule has 5 aliphatic rings. The van der Waals surface area contributed by atoms with Crippen molar-refractivity contribution in [2.75, 3.05) is 0 Å². The van der Waals surface area contributed by atoms with Crippen molar-refractivity contribution in [2.24, 2.45) is 28.6 Å². The van der Waals surface area contributed by atoms with Gasteiger partial charge in [0, 0.05) is 0 Å². The summed E-state index contributed by atoms with van der Waals surface area (Å²) in [4.78, 5) is 0. The maximum absolute atomic E-state index is 2.49. The molecule has 0 amide bonds. The minimum absolute atomic E-state index is 0.586. The fourth-order valence-corrected chi connectivity index (χ4v) is 4.95. The van der Waals surface area contributed by atoms with Gasteiger partial charge in [-0.3, -0.25) is 0 Å². The van der Waals surface area contributed by atoms with Crippen LogP contribution < -0.4 is 0 Å². The molecule has 2 saturated carbocycles. The molecule has 0 spiro atoms. The lowest BCUT2D eigenvalue weighted by Gasteiger charge is -2.52. The number of hydrogen-bond donors (Lipinski definition) is 0. The van der Waals surface area contributed by atoms with E-state index in [1.54, 1.807) is 16.7 Å². The third-order valence-corrected chi connectivity index (χ3v) is 6.91. The Balaban J connectivity index is 0.000000121. The van der Waals surface area contributed by atoms with Gasteiger partial charge < -0.3 is 0 Å². The van der Waals surface area contributed by atoms with Crippen molar-refractivity contribution in [3.05, 3.63) is 22.8 Å². The van der Waals surface area contributed by atoms with E-state index in [0.29, 0.717) is 10.8 Å². The summed E-state index contributed by atoms with van der Waals surface area (Å²) in [6.07, 6.45) is 9.59. The Bertz CT molecular complexity index is 472. The highest BCUT2D eigenvalue weighted by Crippen LogP contribution is 2.62. The molecule has 2 bridgehead atoms. The molecule has 0 saturated heterocycles. The maximum atomic E-state index is 2.49. The fourth-order valence-electron chi connectivity index (χ4n) is 4.95. The third-order valence-electron chi connectivity index (χ3n) is 6.91. The molecule has 0 N–H and O–H groups in total. The topological polar surface area (TPSA) is 0 Å². The Labute approximate surface area is 125 Å². The van der Waals surface area contributed by atoms with E-state index in [1.165, 1.54) is 32.1 Å². The predicted octanol–water partition coefficient (Wildman–Crippen LogP) is 6.14. The molecule has 5 rings (SSSR count). The molecule has 112 valence electrons. The van der Waals surface area contributed by atoms with Gasteiger partial charge in [0.1, 0.15) is 0 Å². The molecular formula is C20H32. The summed E-state index contributed by atoms with van der Waals surface area (Å²) in [6.45, 7) is 14.2. The van der Waals surface area contributed by atoms with Crippen LogP contribution >= 0.6 is 0 Å². The zero-order chi connectivity index (χ0) is 14.7. The van der Waals surface area contributed by atoms with Crippen LogP contribution in [0.25, 0.3) is 0 Å². The number of fused-ring (bicyclic) bond motifs is 3. The largest absolute Gasteiger partial charge is 0.0816 e. The molecule has 0 aromatic heterocycles. The zero-order valence-electron chi connectivity index (χ0n) is 14.3. The molecule has 0 heterocycles. The molecule has 0 heteroatoms. The molecule has 0 nitrogen and oxygen atoms in total. The quantitative estimate of drug-likeness (QED) is 0.464. The van der Waals surface area contributed by atoms with Crippen molar-refractivity contribution in [1.29, 1.82) is 0 Å². The first-order valence-corrected chi connectivity index (χ1v) is 8.66. The van der Waals surface area contributed by atoms with Gasteiger partial charge >= 0.3 is 0 Å². The van der Waals surface area contributed by atoms with E-state index in [9.17, 15) is 0 Å². The Hall–Kier alpha value is -0.520. The Kier molecular flexibility index (Phi) is 3.23. The van der Waals surface area contributed by atoms with Crippen LogP contribution in [0.1, 0.15) is 73.6 Å². The summed E-state index contributed by atoms with van der Waals surface area (Å²) in [6, 6.07) is 0. The van der Waals surface area contributed by atoms with Gasteiger partial charge in [0.05, 0.1) is 0 Å². The summed E-state index contributed by atoms with van der Waals surface area (Å²) in [5, 5.41) is 0. The van der Waals surface area contributed by atoms with Gasteiger partial charge in [0.25, 0.3) is 0 Å². The zero-order valence-corrected chi connectivity index (χ0v) is 14.3. The highest BCUT2D eigenvalue weighted by molar-refractivity contribution is 5.37. The van der Waals surface area contributed by atoms with Crippen LogP contribution in [0.2, 0.25) is 0 Å². The van der Waals surface area contributed by atoms with Crippen LogP contribution in [0.5, 0.6) is 0 Å². The lowest BCUT2D eigenvalue weighted by Crippen LogP contribution is -2.41. The van der Waals surface area contributed by atoms with Crippen molar-refractivity contribution < 1.29 is 0 Å². The monoisotopic (exact) mass is 272 g/mol. The van der Waals surface area contributed by atoms with Crippen molar-refractivity contribution in [1.82, 2.24) is 0 Å². The molecular weight excluding hydrogens is 240 g/mol. The second-order valence-electron chi connectivity index (χ2n) is 8.87. The van der Waals surface area contributed by atoms with Crippen LogP contribution in [0, 0.1) is 28.6 Å².